The summed E-state index contributed by atoms with van der Waals surface area (Å²) in [6, 6.07) is 8.65. The van der Waals surface area contributed by atoms with Crippen LogP contribution in [0.2, 0.25) is 5.02 Å². The van der Waals surface area contributed by atoms with Gasteiger partial charge in [-0.1, -0.05) is 11.6 Å². The molecule has 0 atom stereocenters. The second-order valence-corrected chi connectivity index (χ2v) is 6.87. The highest BCUT2D eigenvalue weighted by atomic mass is 35.5. The van der Waals surface area contributed by atoms with Gasteiger partial charge in [0, 0.05) is 49.7 Å². The standard InChI is InChI=1S/C19H20ClN7O2/c1-29-16-4-3-14(20)11-15(16)24-19(28)26-9-7-25(8-10-26)17-12-18(22-13-21-17)27-6-2-5-23-27/h2-6,11-13H,7-10H2,1H3,(H,24,28). The molecular weight excluding hydrogens is 394 g/mol. The summed E-state index contributed by atoms with van der Waals surface area (Å²) in [4.78, 5) is 25.2. The van der Waals surface area contributed by atoms with E-state index in [1.54, 1.807) is 41.1 Å². The Hall–Kier alpha value is -3.33. The van der Waals surface area contributed by atoms with Gasteiger partial charge in [-0.15, -0.1) is 0 Å². The summed E-state index contributed by atoms with van der Waals surface area (Å²) in [6.45, 7) is 2.46. The zero-order chi connectivity index (χ0) is 20.2. The van der Waals surface area contributed by atoms with Crippen LogP contribution in [0.3, 0.4) is 0 Å². The molecule has 1 aromatic carbocycles. The maximum atomic E-state index is 12.7. The molecule has 3 aromatic rings. The van der Waals surface area contributed by atoms with Crippen LogP contribution in [0.4, 0.5) is 16.3 Å². The first-order valence-corrected chi connectivity index (χ1v) is 9.48. The van der Waals surface area contributed by atoms with E-state index in [-0.39, 0.29) is 6.03 Å². The Kier molecular flexibility index (Phi) is 5.48. The largest absolute Gasteiger partial charge is 0.495 e. The fourth-order valence-corrected chi connectivity index (χ4v) is 3.32. The molecule has 9 nitrogen and oxygen atoms in total. The molecule has 4 rings (SSSR count). The quantitative estimate of drug-likeness (QED) is 0.707. The van der Waals surface area contributed by atoms with E-state index in [4.69, 9.17) is 16.3 Å². The normalized spacial score (nSPS) is 14.0. The number of ether oxygens (including phenoxy) is 1. The number of carbonyl (C=O) groups excluding carboxylic acids is 1. The van der Waals surface area contributed by atoms with Crippen molar-refractivity contribution in [1.29, 1.82) is 0 Å². The van der Waals surface area contributed by atoms with E-state index in [0.29, 0.717) is 48.5 Å². The number of nitrogens with one attached hydrogen (secondary N) is 1. The third-order valence-electron chi connectivity index (χ3n) is 4.67. The Morgan fingerprint density at radius 2 is 1.93 bits per heavy atom. The molecule has 0 saturated carbocycles. The first kappa shape index (κ1) is 19.0. The number of aromatic nitrogens is 4. The number of rotatable bonds is 4. The summed E-state index contributed by atoms with van der Waals surface area (Å²) in [7, 11) is 1.55. The van der Waals surface area contributed by atoms with Crippen molar-refractivity contribution in [2.24, 2.45) is 0 Å². The van der Waals surface area contributed by atoms with Crippen LogP contribution < -0.4 is 15.0 Å². The van der Waals surface area contributed by atoms with Gasteiger partial charge in [0.1, 0.15) is 17.9 Å². The number of methoxy groups -OCH3 is 1. The van der Waals surface area contributed by atoms with Crippen LogP contribution in [-0.2, 0) is 0 Å². The second kappa shape index (κ2) is 8.36. The zero-order valence-corrected chi connectivity index (χ0v) is 16.6. The Morgan fingerprint density at radius 3 is 2.66 bits per heavy atom. The molecule has 1 aliphatic heterocycles. The first-order valence-electron chi connectivity index (χ1n) is 9.10. The number of halogens is 1. The molecule has 2 aromatic heterocycles. The molecule has 29 heavy (non-hydrogen) atoms. The molecule has 1 aliphatic rings. The smallest absolute Gasteiger partial charge is 0.322 e. The van der Waals surface area contributed by atoms with Crippen LogP contribution in [0.1, 0.15) is 0 Å². The number of anilines is 2. The average molecular weight is 414 g/mol. The molecule has 150 valence electrons. The minimum absolute atomic E-state index is 0.190. The third-order valence-corrected chi connectivity index (χ3v) is 4.91. The van der Waals surface area contributed by atoms with Crippen molar-refractivity contribution in [2.75, 3.05) is 43.5 Å². The monoisotopic (exact) mass is 413 g/mol. The number of piperazine rings is 1. The molecule has 0 unspecified atom stereocenters. The van der Waals surface area contributed by atoms with Crippen LogP contribution in [0.5, 0.6) is 5.75 Å². The summed E-state index contributed by atoms with van der Waals surface area (Å²) in [5, 5.41) is 7.60. The van der Waals surface area contributed by atoms with Gasteiger partial charge in [0.05, 0.1) is 12.8 Å². The van der Waals surface area contributed by atoms with Crippen molar-refractivity contribution < 1.29 is 9.53 Å². The van der Waals surface area contributed by atoms with E-state index in [1.807, 2.05) is 18.3 Å². The van der Waals surface area contributed by atoms with E-state index in [0.717, 1.165) is 5.82 Å². The fraction of sp³-hybridized carbons (Fsp3) is 0.263. The molecular formula is C19H20ClN7O2. The number of carbonyl (C=O) groups is 1. The van der Waals surface area contributed by atoms with Gasteiger partial charge in [-0.2, -0.15) is 5.10 Å². The lowest BCUT2D eigenvalue weighted by molar-refractivity contribution is 0.208. The number of benzene rings is 1. The van der Waals surface area contributed by atoms with Crippen molar-refractivity contribution in [1.82, 2.24) is 24.6 Å². The first-order chi connectivity index (χ1) is 14.1. The third kappa shape index (κ3) is 4.24. The number of hydrogen-bond donors (Lipinski definition) is 1. The van der Waals surface area contributed by atoms with Gasteiger partial charge in [-0.25, -0.2) is 19.4 Å². The highest BCUT2D eigenvalue weighted by molar-refractivity contribution is 6.31. The van der Waals surface area contributed by atoms with E-state index in [9.17, 15) is 4.79 Å². The highest BCUT2D eigenvalue weighted by Gasteiger charge is 2.23. The summed E-state index contributed by atoms with van der Waals surface area (Å²) < 4.78 is 6.97. The summed E-state index contributed by atoms with van der Waals surface area (Å²) >= 11 is 6.03. The molecule has 2 amide bonds. The lowest BCUT2D eigenvalue weighted by Gasteiger charge is -2.35. The van der Waals surface area contributed by atoms with Gasteiger partial charge >= 0.3 is 6.03 Å². The number of urea groups is 1. The summed E-state index contributed by atoms with van der Waals surface area (Å²) in [5.74, 6) is 2.07. The Labute approximate surface area is 172 Å². The minimum atomic E-state index is -0.190. The topological polar surface area (TPSA) is 88.4 Å². The molecule has 1 saturated heterocycles. The van der Waals surface area contributed by atoms with Crippen molar-refractivity contribution >= 4 is 29.1 Å². The average Bonchev–Trinajstić information content (AvgIpc) is 3.29. The van der Waals surface area contributed by atoms with E-state index in [1.165, 1.54) is 6.33 Å². The summed E-state index contributed by atoms with van der Waals surface area (Å²) in [5.41, 5.74) is 0.548. The van der Waals surface area contributed by atoms with Gasteiger partial charge in [0.25, 0.3) is 0 Å². The summed E-state index contributed by atoms with van der Waals surface area (Å²) in [6.07, 6.45) is 5.06. The van der Waals surface area contributed by atoms with Gasteiger partial charge in [-0.05, 0) is 24.3 Å². The van der Waals surface area contributed by atoms with Crippen LogP contribution in [0.25, 0.3) is 5.82 Å². The second-order valence-electron chi connectivity index (χ2n) is 6.43. The van der Waals surface area contributed by atoms with Crippen LogP contribution in [0.15, 0.2) is 49.1 Å². The molecule has 0 bridgehead atoms. The maximum absolute atomic E-state index is 12.7. The van der Waals surface area contributed by atoms with E-state index < -0.39 is 0 Å². The van der Waals surface area contributed by atoms with E-state index >= 15 is 0 Å². The highest BCUT2D eigenvalue weighted by Crippen LogP contribution is 2.28. The maximum Gasteiger partial charge on any atom is 0.322 e. The Morgan fingerprint density at radius 1 is 1.14 bits per heavy atom. The van der Waals surface area contributed by atoms with Crippen molar-refractivity contribution in [3.63, 3.8) is 0 Å². The molecule has 0 aliphatic carbocycles. The van der Waals surface area contributed by atoms with Crippen LogP contribution >= 0.6 is 11.6 Å². The van der Waals surface area contributed by atoms with Gasteiger partial charge in [0.15, 0.2) is 5.82 Å². The number of amides is 2. The van der Waals surface area contributed by atoms with Crippen molar-refractivity contribution in [2.45, 2.75) is 0 Å². The lowest BCUT2D eigenvalue weighted by Crippen LogP contribution is -2.50. The van der Waals surface area contributed by atoms with Crippen LogP contribution in [0, 0.1) is 0 Å². The molecule has 10 heteroatoms. The van der Waals surface area contributed by atoms with Crippen molar-refractivity contribution in [3.05, 3.63) is 54.1 Å². The van der Waals surface area contributed by atoms with Gasteiger partial charge < -0.3 is 19.9 Å². The minimum Gasteiger partial charge on any atom is -0.495 e. The Balaban J connectivity index is 1.39. The van der Waals surface area contributed by atoms with E-state index in [2.05, 4.69) is 25.3 Å². The number of hydrogen-bond acceptors (Lipinski definition) is 6. The fourth-order valence-electron chi connectivity index (χ4n) is 3.15. The SMILES string of the molecule is COc1ccc(Cl)cc1NC(=O)N1CCN(c2cc(-n3cccn3)ncn2)CC1. The van der Waals surface area contributed by atoms with Crippen molar-refractivity contribution in [3.8, 4) is 11.6 Å². The zero-order valence-electron chi connectivity index (χ0n) is 15.8. The lowest BCUT2D eigenvalue weighted by atomic mass is 10.3. The van der Waals surface area contributed by atoms with Gasteiger partial charge in [0.2, 0.25) is 0 Å². The predicted octanol–water partition coefficient (Wildman–Crippen LogP) is 2.68. The van der Waals surface area contributed by atoms with Crippen LogP contribution in [-0.4, -0.2) is 64.0 Å². The number of nitrogens with zero attached hydrogens (tertiary/aromatic N) is 6. The Bertz CT molecular complexity index is 988. The molecule has 1 N–H and O–H groups in total. The molecule has 0 radical (unpaired) electrons. The molecule has 3 heterocycles. The predicted molar refractivity (Wildman–Crippen MR) is 110 cm³/mol. The molecule has 0 spiro atoms. The molecule has 1 fully saturated rings. The van der Waals surface area contributed by atoms with Gasteiger partial charge in [-0.3, -0.25) is 0 Å².